The molecule has 3 heteroatoms. The Morgan fingerprint density at radius 1 is 1.12 bits per heavy atom. The highest BCUT2D eigenvalue weighted by molar-refractivity contribution is 5.77. The van der Waals surface area contributed by atoms with E-state index in [2.05, 4.69) is 54.0 Å². The van der Waals surface area contributed by atoms with Crippen LogP contribution in [0, 0.1) is 12.8 Å². The van der Waals surface area contributed by atoms with E-state index >= 15 is 0 Å². The molecule has 1 heterocycles. The van der Waals surface area contributed by atoms with Crippen LogP contribution >= 0.6 is 0 Å². The van der Waals surface area contributed by atoms with E-state index in [1.807, 2.05) is 18.2 Å². The topological polar surface area (TPSA) is 41.1 Å². The van der Waals surface area contributed by atoms with Gasteiger partial charge in [0.1, 0.15) is 0 Å². The summed E-state index contributed by atoms with van der Waals surface area (Å²) < 4.78 is 0. The third kappa shape index (κ3) is 4.45. The molecule has 2 unspecified atom stereocenters. The van der Waals surface area contributed by atoms with E-state index in [9.17, 15) is 4.79 Å². The Hall–Kier alpha value is -2.13. The normalized spacial score (nSPS) is 18.3. The molecule has 0 aliphatic carbocycles. The highest BCUT2D eigenvalue weighted by Crippen LogP contribution is 2.23. The molecule has 0 saturated carbocycles. The van der Waals surface area contributed by atoms with Crippen LogP contribution in [0.1, 0.15) is 42.0 Å². The summed E-state index contributed by atoms with van der Waals surface area (Å²) in [5.41, 5.74) is 3.48. The molecule has 2 N–H and O–H groups in total. The number of hydrogen-bond acceptors (Lipinski definition) is 2. The third-order valence-electron chi connectivity index (χ3n) is 4.79. The fourth-order valence-corrected chi connectivity index (χ4v) is 3.29. The molecule has 3 nitrogen and oxygen atoms in total. The summed E-state index contributed by atoms with van der Waals surface area (Å²) >= 11 is 0. The first-order valence-electron chi connectivity index (χ1n) is 8.84. The second-order valence-electron chi connectivity index (χ2n) is 6.72. The Balaban J connectivity index is 1.70. The summed E-state index contributed by atoms with van der Waals surface area (Å²) in [6, 6.07) is 18.5. The van der Waals surface area contributed by atoms with Gasteiger partial charge in [-0.2, -0.15) is 0 Å². The minimum Gasteiger partial charge on any atom is -0.345 e. The van der Waals surface area contributed by atoms with Crippen LogP contribution in [0.4, 0.5) is 0 Å². The SMILES string of the molecule is Cc1ccc(C(NC(=O)CCC2CCNC2)c2ccccc2)cc1. The largest absolute Gasteiger partial charge is 0.345 e. The number of hydrogen-bond donors (Lipinski definition) is 2. The fraction of sp³-hybridized carbons (Fsp3) is 0.381. The number of benzene rings is 2. The zero-order chi connectivity index (χ0) is 16.8. The average Bonchev–Trinajstić information content (AvgIpc) is 3.13. The van der Waals surface area contributed by atoms with Gasteiger partial charge < -0.3 is 10.6 Å². The highest BCUT2D eigenvalue weighted by Gasteiger charge is 2.19. The van der Waals surface area contributed by atoms with Gasteiger partial charge in [-0.15, -0.1) is 0 Å². The lowest BCUT2D eigenvalue weighted by atomic mass is 9.97. The van der Waals surface area contributed by atoms with Crippen LogP contribution in [0.5, 0.6) is 0 Å². The van der Waals surface area contributed by atoms with Crippen molar-refractivity contribution in [1.82, 2.24) is 10.6 Å². The lowest BCUT2D eigenvalue weighted by molar-refractivity contribution is -0.121. The van der Waals surface area contributed by atoms with Crippen LogP contribution < -0.4 is 10.6 Å². The molecule has 2 aromatic carbocycles. The second-order valence-corrected chi connectivity index (χ2v) is 6.72. The number of carbonyl (C=O) groups excluding carboxylic acids is 1. The van der Waals surface area contributed by atoms with E-state index < -0.39 is 0 Å². The molecule has 1 amide bonds. The number of carbonyl (C=O) groups is 1. The highest BCUT2D eigenvalue weighted by atomic mass is 16.1. The van der Waals surface area contributed by atoms with E-state index in [1.165, 1.54) is 12.0 Å². The van der Waals surface area contributed by atoms with Crippen molar-refractivity contribution in [1.29, 1.82) is 0 Å². The Morgan fingerprint density at radius 3 is 2.50 bits per heavy atom. The summed E-state index contributed by atoms with van der Waals surface area (Å²) in [5, 5.41) is 6.60. The Morgan fingerprint density at radius 2 is 1.83 bits per heavy atom. The molecule has 1 aliphatic heterocycles. The van der Waals surface area contributed by atoms with Crippen molar-refractivity contribution in [2.75, 3.05) is 13.1 Å². The summed E-state index contributed by atoms with van der Waals surface area (Å²) in [6.45, 7) is 4.21. The monoisotopic (exact) mass is 322 g/mol. The Bertz CT molecular complexity index is 645. The van der Waals surface area contributed by atoms with Crippen LogP contribution in [-0.2, 0) is 4.79 Å². The van der Waals surface area contributed by atoms with Crippen molar-refractivity contribution in [2.45, 2.75) is 32.2 Å². The van der Waals surface area contributed by atoms with Crippen molar-refractivity contribution in [3.8, 4) is 0 Å². The van der Waals surface area contributed by atoms with E-state index in [4.69, 9.17) is 0 Å². The van der Waals surface area contributed by atoms with E-state index in [-0.39, 0.29) is 11.9 Å². The maximum absolute atomic E-state index is 12.5. The molecule has 0 aromatic heterocycles. The molecule has 0 radical (unpaired) electrons. The van der Waals surface area contributed by atoms with Crippen molar-refractivity contribution >= 4 is 5.91 Å². The lowest BCUT2D eigenvalue weighted by Gasteiger charge is -2.20. The smallest absolute Gasteiger partial charge is 0.220 e. The molecule has 24 heavy (non-hydrogen) atoms. The van der Waals surface area contributed by atoms with Gasteiger partial charge in [0.2, 0.25) is 5.91 Å². The standard InChI is InChI=1S/C21H26N2O/c1-16-7-10-19(11-8-16)21(18-5-3-2-4-6-18)23-20(24)12-9-17-13-14-22-15-17/h2-8,10-11,17,21-22H,9,12-15H2,1H3,(H,23,24). The zero-order valence-electron chi connectivity index (χ0n) is 14.3. The summed E-state index contributed by atoms with van der Waals surface area (Å²) in [5.74, 6) is 0.779. The van der Waals surface area contributed by atoms with Crippen LogP contribution in [-0.4, -0.2) is 19.0 Å². The van der Waals surface area contributed by atoms with Gasteiger partial charge in [0.15, 0.2) is 0 Å². The van der Waals surface area contributed by atoms with Gasteiger partial charge in [-0.25, -0.2) is 0 Å². The van der Waals surface area contributed by atoms with Gasteiger partial charge in [0.05, 0.1) is 6.04 Å². The van der Waals surface area contributed by atoms with Crippen LogP contribution in [0.15, 0.2) is 54.6 Å². The minimum absolute atomic E-state index is 0.0824. The molecular formula is C21H26N2O. The first-order valence-corrected chi connectivity index (χ1v) is 8.84. The molecule has 2 aromatic rings. The number of nitrogens with one attached hydrogen (secondary N) is 2. The van der Waals surface area contributed by atoms with Crippen LogP contribution in [0.3, 0.4) is 0 Å². The molecule has 1 fully saturated rings. The van der Waals surface area contributed by atoms with Gasteiger partial charge in [-0.3, -0.25) is 4.79 Å². The fourth-order valence-electron chi connectivity index (χ4n) is 3.29. The summed E-state index contributed by atoms with van der Waals surface area (Å²) in [4.78, 5) is 12.5. The molecule has 126 valence electrons. The third-order valence-corrected chi connectivity index (χ3v) is 4.79. The van der Waals surface area contributed by atoms with Crippen molar-refractivity contribution in [3.63, 3.8) is 0 Å². The van der Waals surface area contributed by atoms with Gasteiger partial charge in [-0.05, 0) is 49.9 Å². The predicted octanol–water partition coefficient (Wildman–Crippen LogP) is 3.59. The molecule has 1 saturated heterocycles. The maximum Gasteiger partial charge on any atom is 0.220 e. The van der Waals surface area contributed by atoms with Gasteiger partial charge in [0, 0.05) is 6.42 Å². The molecular weight excluding hydrogens is 296 g/mol. The van der Waals surface area contributed by atoms with Gasteiger partial charge in [-0.1, -0.05) is 60.2 Å². The first-order chi connectivity index (χ1) is 11.7. The van der Waals surface area contributed by atoms with Gasteiger partial charge >= 0.3 is 0 Å². The quantitative estimate of drug-likeness (QED) is 0.853. The minimum atomic E-state index is -0.0824. The molecule has 1 aliphatic rings. The van der Waals surface area contributed by atoms with E-state index in [0.717, 1.165) is 30.6 Å². The summed E-state index contributed by atoms with van der Waals surface area (Å²) in [7, 11) is 0. The molecule has 0 spiro atoms. The van der Waals surface area contributed by atoms with Gasteiger partial charge in [0.25, 0.3) is 0 Å². The van der Waals surface area contributed by atoms with E-state index in [0.29, 0.717) is 12.3 Å². The predicted molar refractivity (Wildman–Crippen MR) is 97.8 cm³/mol. The van der Waals surface area contributed by atoms with E-state index in [1.54, 1.807) is 0 Å². The van der Waals surface area contributed by atoms with Crippen LogP contribution in [0.2, 0.25) is 0 Å². The molecule has 3 rings (SSSR count). The maximum atomic E-state index is 12.5. The van der Waals surface area contributed by atoms with Crippen molar-refractivity contribution in [2.24, 2.45) is 5.92 Å². The molecule has 2 atom stereocenters. The second kappa shape index (κ2) is 8.11. The molecule has 0 bridgehead atoms. The lowest BCUT2D eigenvalue weighted by Crippen LogP contribution is -2.29. The Kier molecular flexibility index (Phi) is 5.65. The summed E-state index contributed by atoms with van der Waals surface area (Å²) in [6.07, 6.45) is 2.75. The number of rotatable bonds is 6. The van der Waals surface area contributed by atoms with Crippen LogP contribution in [0.25, 0.3) is 0 Å². The first kappa shape index (κ1) is 16.7. The zero-order valence-corrected chi connectivity index (χ0v) is 14.3. The number of amides is 1. The average molecular weight is 322 g/mol. The Labute approximate surface area is 144 Å². The van der Waals surface area contributed by atoms with Crippen molar-refractivity contribution in [3.05, 3.63) is 71.3 Å². The number of aryl methyl sites for hydroxylation is 1. The van der Waals surface area contributed by atoms with Crippen molar-refractivity contribution < 1.29 is 4.79 Å².